The van der Waals surface area contributed by atoms with E-state index in [1.807, 2.05) is 22.2 Å². The van der Waals surface area contributed by atoms with Crippen LogP contribution in [0.5, 0.6) is 0 Å². The molecule has 0 unspecified atom stereocenters. The quantitative estimate of drug-likeness (QED) is 0.521. The molecule has 28 heavy (non-hydrogen) atoms. The highest BCUT2D eigenvalue weighted by atomic mass is 32.1. The van der Waals surface area contributed by atoms with Crippen molar-refractivity contribution in [1.82, 2.24) is 24.1 Å². The van der Waals surface area contributed by atoms with E-state index in [-0.39, 0.29) is 18.2 Å². The van der Waals surface area contributed by atoms with E-state index in [9.17, 15) is 9.59 Å². The molecular formula is C18H17N7O2S. The van der Waals surface area contributed by atoms with Gasteiger partial charge in [-0.25, -0.2) is 14.6 Å². The molecule has 1 atom stereocenters. The molecule has 2 amide bonds. The van der Waals surface area contributed by atoms with Crippen LogP contribution >= 0.6 is 11.3 Å². The van der Waals surface area contributed by atoms with Crippen molar-refractivity contribution in [2.45, 2.75) is 19.4 Å². The summed E-state index contributed by atoms with van der Waals surface area (Å²) in [6.45, 7) is 1.73. The van der Waals surface area contributed by atoms with Crippen LogP contribution in [0.4, 0.5) is 11.4 Å². The van der Waals surface area contributed by atoms with Gasteiger partial charge in [-0.1, -0.05) is 0 Å². The Hall–Kier alpha value is -3.53. The molecule has 0 aliphatic rings. The number of amides is 2. The summed E-state index contributed by atoms with van der Waals surface area (Å²) in [6, 6.07) is 6.45. The predicted octanol–water partition coefficient (Wildman–Crippen LogP) is 2.37. The molecule has 3 heterocycles. The summed E-state index contributed by atoms with van der Waals surface area (Å²) in [5.74, 6) is -0.357. The van der Waals surface area contributed by atoms with Crippen LogP contribution in [0.15, 0.2) is 54.7 Å². The van der Waals surface area contributed by atoms with E-state index in [0.717, 1.165) is 10.7 Å². The van der Waals surface area contributed by atoms with E-state index in [1.165, 1.54) is 28.7 Å². The number of nitrogens with one attached hydrogen (secondary N) is 2. The van der Waals surface area contributed by atoms with E-state index in [0.29, 0.717) is 11.4 Å². The van der Waals surface area contributed by atoms with Crippen molar-refractivity contribution in [3.63, 3.8) is 0 Å². The first-order valence-electron chi connectivity index (χ1n) is 8.54. The van der Waals surface area contributed by atoms with Crippen molar-refractivity contribution in [3.05, 3.63) is 60.4 Å². The molecule has 0 radical (unpaired) electrons. The molecule has 0 aliphatic heterocycles. The van der Waals surface area contributed by atoms with Crippen LogP contribution < -0.4 is 10.6 Å². The molecule has 1 aromatic carbocycles. The van der Waals surface area contributed by atoms with E-state index in [2.05, 4.69) is 25.7 Å². The van der Waals surface area contributed by atoms with Gasteiger partial charge in [0.2, 0.25) is 11.8 Å². The number of anilines is 2. The van der Waals surface area contributed by atoms with Crippen LogP contribution in [0.3, 0.4) is 0 Å². The molecule has 2 N–H and O–H groups in total. The van der Waals surface area contributed by atoms with E-state index >= 15 is 0 Å². The average Bonchev–Trinajstić information content (AvgIpc) is 3.40. The van der Waals surface area contributed by atoms with E-state index < -0.39 is 6.04 Å². The second-order valence-electron chi connectivity index (χ2n) is 6.17. The smallest absolute Gasteiger partial charge is 0.249 e. The Morgan fingerprint density at radius 1 is 1.18 bits per heavy atom. The Kier molecular flexibility index (Phi) is 4.85. The summed E-state index contributed by atoms with van der Waals surface area (Å²) in [6.07, 6.45) is 6.83. The lowest BCUT2D eigenvalue weighted by Crippen LogP contribution is -2.24. The van der Waals surface area contributed by atoms with Crippen LogP contribution in [0.25, 0.3) is 4.96 Å². The highest BCUT2D eigenvalue weighted by molar-refractivity contribution is 7.15. The fraction of sp³-hybridized carbons (Fsp3) is 0.167. The predicted molar refractivity (Wildman–Crippen MR) is 105 cm³/mol. The number of hydrogen-bond acceptors (Lipinski definition) is 6. The number of carbonyl (C=O) groups is 2. The van der Waals surface area contributed by atoms with Gasteiger partial charge in [-0.2, -0.15) is 5.10 Å². The summed E-state index contributed by atoms with van der Waals surface area (Å²) in [4.78, 5) is 33.6. The van der Waals surface area contributed by atoms with Gasteiger partial charge in [-0.3, -0.25) is 14.0 Å². The minimum Gasteiger partial charge on any atom is -0.326 e. The van der Waals surface area contributed by atoms with Gasteiger partial charge in [0.15, 0.2) is 4.96 Å². The zero-order valence-electron chi connectivity index (χ0n) is 14.9. The number of aromatic nitrogens is 5. The highest BCUT2D eigenvalue weighted by Gasteiger charge is 2.15. The molecule has 9 nitrogen and oxygen atoms in total. The summed E-state index contributed by atoms with van der Waals surface area (Å²) in [5, 5.41) is 11.5. The standard InChI is InChI=1S/C18H17N7O2S/c1-12(25-11-19-10-20-25)17(27)22-14-4-2-13(3-5-14)21-16(26)8-15-9-24-6-7-28-18(24)23-15/h2-7,9-12H,8H2,1H3,(H,21,26)(H,22,27)/t12-/m0/s1. The summed E-state index contributed by atoms with van der Waals surface area (Å²) >= 11 is 1.52. The maximum absolute atomic E-state index is 12.3. The van der Waals surface area contributed by atoms with Crippen LogP contribution in [-0.4, -0.2) is 36.0 Å². The van der Waals surface area contributed by atoms with Crippen molar-refractivity contribution >= 4 is 39.5 Å². The third-order valence-corrected chi connectivity index (χ3v) is 4.90. The van der Waals surface area contributed by atoms with E-state index in [4.69, 9.17) is 0 Å². The third kappa shape index (κ3) is 3.91. The zero-order chi connectivity index (χ0) is 19.5. The molecule has 0 fully saturated rings. The maximum Gasteiger partial charge on any atom is 0.249 e. The van der Waals surface area contributed by atoms with Gasteiger partial charge in [0.1, 0.15) is 18.7 Å². The van der Waals surface area contributed by atoms with Crippen molar-refractivity contribution in [2.24, 2.45) is 0 Å². The van der Waals surface area contributed by atoms with Crippen molar-refractivity contribution < 1.29 is 9.59 Å². The minimum absolute atomic E-state index is 0.151. The zero-order valence-corrected chi connectivity index (χ0v) is 15.8. The fourth-order valence-electron chi connectivity index (χ4n) is 2.65. The Balaban J connectivity index is 1.33. The second kappa shape index (κ2) is 7.61. The Labute approximate surface area is 164 Å². The first kappa shape index (κ1) is 17.9. The number of carbonyl (C=O) groups excluding carboxylic acids is 2. The number of imidazole rings is 1. The molecule has 3 aromatic heterocycles. The normalized spacial score (nSPS) is 12.0. The largest absolute Gasteiger partial charge is 0.326 e. The average molecular weight is 395 g/mol. The van der Waals surface area contributed by atoms with Gasteiger partial charge >= 0.3 is 0 Å². The van der Waals surface area contributed by atoms with Gasteiger partial charge in [0, 0.05) is 29.1 Å². The van der Waals surface area contributed by atoms with Crippen molar-refractivity contribution in [3.8, 4) is 0 Å². The number of rotatable bonds is 6. The number of hydrogen-bond donors (Lipinski definition) is 2. The first-order valence-corrected chi connectivity index (χ1v) is 9.42. The second-order valence-corrected chi connectivity index (χ2v) is 7.04. The molecule has 142 valence electrons. The maximum atomic E-state index is 12.3. The number of benzene rings is 1. The lowest BCUT2D eigenvalue weighted by molar-refractivity contribution is -0.119. The highest BCUT2D eigenvalue weighted by Crippen LogP contribution is 2.16. The SMILES string of the molecule is C[C@@H](C(=O)Nc1ccc(NC(=O)Cc2cn3ccsc3n2)cc1)n1cncn1. The monoisotopic (exact) mass is 395 g/mol. The summed E-state index contributed by atoms with van der Waals surface area (Å²) in [5.41, 5.74) is 1.99. The van der Waals surface area contributed by atoms with Crippen molar-refractivity contribution in [1.29, 1.82) is 0 Å². The molecule has 0 saturated heterocycles. The summed E-state index contributed by atoms with van der Waals surface area (Å²) in [7, 11) is 0. The molecule has 0 aliphatic carbocycles. The van der Waals surface area contributed by atoms with Crippen molar-refractivity contribution in [2.75, 3.05) is 10.6 Å². The molecule has 10 heteroatoms. The molecule has 0 bridgehead atoms. The minimum atomic E-state index is -0.480. The molecule has 4 aromatic rings. The molecule has 0 spiro atoms. The van der Waals surface area contributed by atoms with E-state index in [1.54, 1.807) is 31.2 Å². The summed E-state index contributed by atoms with van der Waals surface area (Å²) < 4.78 is 3.37. The van der Waals surface area contributed by atoms with Crippen LogP contribution in [0.1, 0.15) is 18.7 Å². The molecular weight excluding hydrogens is 378 g/mol. The molecule has 4 rings (SSSR count). The van der Waals surface area contributed by atoms with Gasteiger partial charge < -0.3 is 10.6 Å². The Morgan fingerprint density at radius 3 is 2.61 bits per heavy atom. The fourth-order valence-corrected chi connectivity index (χ4v) is 3.37. The Morgan fingerprint density at radius 2 is 1.93 bits per heavy atom. The van der Waals surface area contributed by atoms with Gasteiger partial charge in [-0.05, 0) is 31.2 Å². The lowest BCUT2D eigenvalue weighted by atomic mass is 10.2. The third-order valence-electron chi connectivity index (χ3n) is 4.13. The van der Waals surface area contributed by atoms with Gasteiger partial charge in [0.05, 0.1) is 12.1 Å². The first-order chi connectivity index (χ1) is 13.6. The molecule has 0 saturated carbocycles. The van der Waals surface area contributed by atoms with Crippen LogP contribution in [0.2, 0.25) is 0 Å². The lowest BCUT2D eigenvalue weighted by Gasteiger charge is -2.12. The topological polar surface area (TPSA) is 106 Å². The van der Waals surface area contributed by atoms with Crippen LogP contribution in [0, 0.1) is 0 Å². The van der Waals surface area contributed by atoms with Gasteiger partial charge in [0.25, 0.3) is 0 Å². The van der Waals surface area contributed by atoms with Crippen LogP contribution in [-0.2, 0) is 16.0 Å². The van der Waals surface area contributed by atoms with Gasteiger partial charge in [-0.15, -0.1) is 11.3 Å². The number of thiazole rings is 1. The number of nitrogens with zero attached hydrogens (tertiary/aromatic N) is 5. The Bertz CT molecular complexity index is 1070. The number of fused-ring (bicyclic) bond motifs is 1.